The molecule has 0 radical (unpaired) electrons. The van der Waals surface area contributed by atoms with Crippen molar-refractivity contribution in [1.82, 2.24) is 0 Å². The topological polar surface area (TPSA) is 17.1 Å². The van der Waals surface area contributed by atoms with Crippen LogP contribution in [0.1, 0.15) is 58.8 Å². The third-order valence-corrected chi connectivity index (χ3v) is 4.71. The molecule has 13 heavy (non-hydrogen) atoms. The first-order chi connectivity index (χ1) is 6.06. The Kier molecular flexibility index (Phi) is 2.01. The van der Waals surface area contributed by atoms with E-state index in [1.807, 2.05) is 0 Å². The van der Waals surface area contributed by atoms with Gasteiger partial charge in [0.15, 0.2) is 0 Å². The standard InChI is InChI=1S/C12H20O/c1-11-6-3-4-7-12(11,2)9-10(13)5-8-11/h3-9H2,1-2H3. The maximum atomic E-state index is 11.5. The fourth-order valence-electron chi connectivity index (χ4n) is 3.30. The Hall–Kier alpha value is -0.330. The van der Waals surface area contributed by atoms with Gasteiger partial charge >= 0.3 is 0 Å². The van der Waals surface area contributed by atoms with Gasteiger partial charge in [0.1, 0.15) is 5.78 Å². The zero-order valence-electron chi connectivity index (χ0n) is 8.86. The first kappa shape index (κ1) is 9.23. The number of carbonyl (C=O) groups is 1. The van der Waals surface area contributed by atoms with Gasteiger partial charge in [-0.25, -0.2) is 0 Å². The van der Waals surface area contributed by atoms with Gasteiger partial charge in [0, 0.05) is 12.8 Å². The van der Waals surface area contributed by atoms with E-state index >= 15 is 0 Å². The highest BCUT2D eigenvalue weighted by Gasteiger charge is 2.49. The van der Waals surface area contributed by atoms with Gasteiger partial charge < -0.3 is 0 Å². The summed E-state index contributed by atoms with van der Waals surface area (Å²) in [6.07, 6.45) is 8.16. The first-order valence-corrected chi connectivity index (χ1v) is 5.58. The van der Waals surface area contributed by atoms with E-state index in [1.54, 1.807) is 0 Å². The number of carbonyl (C=O) groups excluding carboxylic acids is 1. The molecular weight excluding hydrogens is 160 g/mol. The van der Waals surface area contributed by atoms with Crippen LogP contribution in [0.25, 0.3) is 0 Å². The summed E-state index contributed by atoms with van der Waals surface area (Å²) in [7, 11) is 0. The molecular formula is C12H20O. The zero-order valence-corrected chi connectivity index (χ0v) is 8.86. The van der Waals surface area contributed by atoms with Crippen LogP contribution in [0.2, 0.25) is 0 Å². The highest BCUT2D eigenvalue weighted by atomic mass is 16.1. The maximum absolute atomic E-state index is 11.5. The van der Waals surface area contributed by atoms with Crippen LogP contribution in [0, 0.1) is 10.8 Å². The van der Waals surface area contributed by atoms with E-state index in [0.717, 1.165) is 19.3 Å². The molecule has 1 nitrogen and oxygen atoms in total. The number of rotatable bonds is 0. The minimum atomic E-state index is 0.334. The van der Waals surface area contributed by atoms with E-state index in [0.29, 0.717) is 16.6 Å². The lowest BCUT2D eigenvalue weighted by Crippen LogP contribution is -2.45. The second kappa shape index (κ2) is 2.83. The molecule has 0 amide bonds. The molecule has 0 N–H and O–H groups in total. The Morgan fingerprint density at radius 2 is 1.62 bits per heavy atom. The normalized spacial score (nSPS) is 45.8. The largest absolute Gasteiger partial charge is 0.300 e. The SMILES string of the molecule is CC12CCCCC1(C)CC(=O)CC2. The Labute approximate surface area is 80.9 Å². The average Bonchev–Trinajstić information content (AvgIpc) is 2.07. The molecule has 1 heteroatoms. The summed E-state index contributed by atoms with van der Waals surface area (Å²) in [6, 6.07) is 0. The van der Waals surface area contributed by atoms with Crippen LogP contribution >= 0.6 is 0 Å². The van der Waals surface area contributed by atoms with E-state index < -0.39 is 0 Å². The predicted molar refractivity (Wildman–Crippen MR) is 53.5 cm³/mol. The fourth-order valence-corrected chi connectivity index (χ4v) is 3.30. The minimum absolute atomic E-state index is 0.334. The van der Waals surface area contributed by atoms with Gasteiger partial charge in [-0.1, -0.05) is 26.7 Å². The molecule has 2 saturated carbocycles. The van der Waals surface area contributed by atoms with Crippen molar-refractivity contribution in [2.24, 2.45) is 10.8 Å². The van der Waals surface area contributed by atoms with Crippen LogP contribution in [0.5, 0.6) is 0 Å². The first-order valence-electron chi connectivity index (χ1n) is 5.58. The van der Waals surface area contributed by atoms with Gasteiger partial charge in [0.25, 0.3) is 0 Å². The van der Waals surface area contributed by atoms with Crippen molar-refractivity contribution in [2.45, 2.75) is 58.8 Å². The number of hydrogen-bond acceptors (Lipinski definition) is 1. The van der Waals surface area contributed by atoms with Gasteiger partial charge in [-0.15, -0.1) is 0 Å². The van der Waals surface area contributed by atoms with Crippen LogP contribution in [0.15, 0.2) is 0 Å². The molecule has 2 unspecified atom stereocenters. The van der Waals surface area contributed by atoms with Crippen LogP contribution < -0.4 is 0 Å². The van der Waals surface area contributed by atoms with E-state index in [-0.39, 0.29) is 0 Å². The van der Waals surface area contributed by atoms with Crippen LogP contribution in [0.3, 0.4) is 0 Å². The number of ketones is 1. The smallest absolute Gasteiger partial charge is 0.133 e. The summed E-state index contributed by atoms with van der Waals surface area (Å²) in [5, 5.41) is 0. The molecule has 0 saturated heterocycles. The van der Waals surface area contributed by atoms with Crippen molar-refractivity contribution in [2.75, 3.05) is 0 Å². The summed E-state index contributed by atoms with van der Waals surface area (Å²) in [6.45, 7) is 4.74. The summed E-state index contributed by atoms with van der Waals surface area (Å²) in [5.74, 6) is 0.502. The molecule has 0 spiro atoms. The molecule has 0 aromatic rings. The van der Waals surface area contributed by atoms with Crippen molar-refractivity contribution < 1.29 is 4.79 Å². The number of Topliss-reactive ketones (excluding diaryl/α,β-unsaturated/α-hetero) is 1. The molecule has 0 heterocycles. The summed E-state index contributed by atoms with van der Waals surface area (Å²) < 4.78 is 0. The summed E-state index contributed by atoms with van der Waals surface area (Å²) in [4.78, 5) is 11.5. The maximum Gasteiger partial charge on any atom is 0.133 e. The molecule has 0 aliphatic heterocycles. The van der Waals surface area contributed by atoms with Gasteiger partial charge in [-0.3, -0.25) is 4.79 Å². The van der Waals surface area contributed by atoms with Gasteiger partial charge in [-0.2, -0.15) is 0 Å². The molecule has 2 aliphatic rings. The van der Waals surface area contributed by atoms with E-state index in [1.165, 1.54) is 25.7 Å². The third kappa shape index (κ3) is 1.33. The molecule has 2 rings (SSSR count). The van der Waals surface area contributed by atoms with Crippen molar-refractivity contribution in [3.05, 3.63) is 0 Å². The van der Waals surface area contributed by atoms with Crippen molar-refractivity contribution in [3.63, 3.8) is 0 Å². The predicted octanol–water partition coefficient (Wildman–Crippen LogP) is 3.33. The monoisotopic (exact) mass is 180 g/mol. The fraction of sp³-hybridized carbons (Fsp3) is 0.917. The lowest BCUT2D eigenvalue weighted by Gasteiger charge is -2.53. The van der Waals surface area contributed by atoms with Crippen molar-refractivity contribution >= 4 is 5.78 Å². The quantitative estimate of drug-likeness (QED) is 0.559. The van der Waals surface area contributed by atoms with E-state index in [9.17, 15) is 4.79 Å². The van der Waals surface area contributed by atoms with Crippen LogP contribution in [0.4, 0.5) is 0 Å². The second-order valence-corrected chi connectivity index (χ2v) is 5.54. The number of fused-ring (bicyclic) bond motifs is 1. The van der Waals surface area contributed by atoms with Crippen LogP contribution in [-0.4, -0.2) is 5.78 Å². The summed E-state index contributed by atoms with van der Waals surface area (Å²) in [5.41, 5.74) is 0.805. The van der Waals surface area contributed by atoms with Crippen LogP contribution in [-0.2, 0) is 4.79 Å². The molecule has 74 valence electrons. The molecule has 2 aliphatic carbocycles. The minimum Gasteiger partial charge on any atom is -0.300 e. The molecule has 0 aromatic heterocycles. The Morgan fingerprint density at radius 3 is 2.31 bits per heavy atom. The Bertz CT molecular complexity index is 233. The Morgan fingerprint density at radius 1 is 1.00 bits per heavy atom. The molecule has 0 aromatic carbocycles. The van der Waals surface area contributed by atoms with E-state index in [4.69, 9.17) is 0 Å². The third-order valence-electron chi connectivity index (χ3n) is 4.71. The van der Waals surface area contributed by atoms with Gasteiger partial charge in [-0.05, 0) is 30.1 Å². The van der Waals surface area contributed by atoms with E-state index in [2.05, 4.69) is 13.8 Å². The lowest BCUT2D eigenvalue weighted by atomic mass is 9.51. The van der Waals surface area contributed by atoms with Crippen molar-refractivity contribution in [3.8, 4) is 0 Å². The second-order valence-electron chi connectivity index (χ2n) is 5.54. The zero-order chi connectivity index (χ0) is 9.53. The Balaban J connectivity index is 2.25. The van der Waals surface area contributed by atoms with Gasteiger partial charge in [0.05, 0.1) is 0 Å². The molecule has 2 atom stereocenters. The average molecular weight is 180 g/mol. The highest BCUT2D eigenvalue weighted by Crippen LogP contribution is 2.57. The molecule has 2 fully saturated rings. The lowest BCUT2D eigenvalue weighted by molar-refractivity contribution is -0.132. The highest BCUT2D eigenvalue weighted by molar-refractivity contribution is 5.80. The summed E-state index contributed by atoms with van der Waals surface area (Å²) >= 11 is 0. The van der Waals surface area contributed by atoms with Crippen molar-refractivity contribution in [1.29, 1.82) is 0 Å². The van der Waals surface area contributed by atoms with Gasteiger partial charge in [0.2, 0.25) is 0 Å². The number of hydrogen-bond donors (Lipinski definition) is 0. The molecule has 0 bridgehead atoms.